The second-order valence-corrected chi connectivity index (χ2v) is 16.2. The van der Waals surface area contributed by atoms with Crippen LogP contribution in [0.25, 0.3) is 18.2 Å². The summed E-state index contributed by atoms with van der Waals surface area (Å²) in [7, 11) is 15.4. The maximum atomic E-state index is 12.7. The van der Waals surface area contributed by atoms with E-state index in [2.05, 4.69) is 121 Å². The van der Waals surface area contributed by atoms with Crippen LogP contribution in [0.4, 0.5) is 11.4 Å². The predicted octanol–water partition coefficient (Wildman–Crippen LogP) is 6.78. The number of benzene rings is 2. The van der Waals surface area contributed by atoms with Gasteiger partial charge in [-0.25, -0.2) is 4.57 Å². The molecule has 0 saturated carbocycles. The summed E-state index contributed by atoms with van der Waals surface area (Å²) in [6.07, 6.45) is 21.7. The number of carbonyl (C=O) groups is 2. The Labute approximate surface area is 333 Å². The molecular formula is C44H62N6O2S2+2. The normalized spacial score (nSPS) is 11.9. The first-order valence-electron chi connectivity index (χ1n) is 18.9. The first-order chi connectivity index (χ1) is 26.1. The Balaban J connectivity index is 1.22. The third-order valence-electron chi connectivity index (χ3n) is 9.13. The molecule has 10 heteroatoms. The third-order valence-corrected chi connectivity index (χ3v) is 11.5. The van der Waals surface area contributed by atoms with Crippen molar-refractivity contribution in [3.63, 3.8) is 0 Å². The van der Waals surface area contributed by atoms with Crippen molar-refractivity contribution in [2.45, 2.75) is 32.6 Å². The zero-order chi connectivity index (χ0) is 39.1. The Bertz CT molecular complexity index is 1670. The molecule has 0 saturated heterocycles. The lowest BCUT2D eigenvalue weighted by molar-refractivity contribution is -0.671. The van der Waals surface area contributed by atoms with E-state index < -0.39 is 0 Å². The summed E-state index contributed by atoms with van der Waals surface area (Å²) >= 11 is 0. The Morgan fingerprint density at radius 3 is 1.54 bits per heavy atom. The molecule has 0 bridgehead atoms. The van der Waals surface area contributed by atoms with Crippen LogP contribution in [0.1, 0.15) is 49.3 Å². The summed E-state index contributed by atoms with van der Waals surface area (Å²) in [5.41, 5.74) is 7.00. The number of anilines is 2. The van der Waals surface area contributed by atoms with Crippen LogP contribution in [0.2, 0.25) is 0 Å². The molecule has 0 atom stereocenters. The molecule has 54 heavy (non-hydrogen) atoms. The second kappa shape index (κ2) is 24.9. The maximum absolute atomic E-state index is 12.7. The number of aromatic nitrogens is 1. The van der Waals surface area contributed by atoms with Crippen LogP contribution in [0, 0.1) is 0 Å². The Hall–Kier alpha value is -4.25. The van der Waals surface area contributed by atoms with Gasteiger partial charge in [0.25, 0.3) is 0 Å². The number of quaternary nitrogens is 1. The average Bonchev–Trinajstić information content (AvgIpc) is 3.19. The maximum Gasteiger partial charge on any atom is 0.223 e. The molecule has 2 amide bonds. The van der Waals surface area contributed by atoms with Gasteiger partial charge in [-0.15, -0.1) is 0 Å². The third kappa shape index (κ3) is 16.8. The van der Waals surface area contributed by atoms with Crippen molar-refractivity contribution in [3.05, 3.63) is 120 Å². The molecule has 0 radical (unpaired) electrons. The standard InChI is InChI=1S/C44H61N6O2S2/c1-8-37(23-28-45-2)11-12-38-15-19-41(20-16-38)47(4)29-9-31-49(6)43(51)26-35-53-54-36-27-44(52)50(7)32-10-30-48(5)42-21-17-39(18-22-42)13-14-40-24-33-46(3)34-25-40/h8,11-25,28,33-34,45H,9-10,26-27,29-32,35-36H2,1-7H3/q+1/p+1/b12-11+,28-23-,37-8-. The zero-order valence-electron chi connectivity index (χ0n) is 33.5. The van der Waals surface area contributed by atoms with Gasteiger partial charge in [-0.1, -0.05) is 76.2 Å². The van der Waals surface area contributed by atoms with Crippen LogP contribution >= 0.6 is 21.6 Å². The Kier molecular flexibility index (Phi) is 20.4. The largest absolute Gasteiger partial charge is 0.375 e. The zero-order valence-corrected chi connectivity index (χ0v) is 35.1. The van der Waals surface area contributed by atoms with Gasteiger partial charge < -0.3 is 24.9 Å². The van der Waals surface area contributed by atoms with E-state index in [4.69, 9.17) is 0 Å². The fourth-order valence-corrected chi connectivity index (χ4v) is 7.46. The molecule has 0 unspecified atom stereocenters. The lowest BCUT2D eigenvalue weighted by Gasteiger charge is -2.22. The average molecular weight is 771 g/mol. The number of pyridine rings is 1. The van der Waals surface area contributed by atoms with E-state index >= 15 is 0 Å². The van der Waals surface area contributed by atoms with Gasteiger partial charge in [0.15, 0.2) is 12.4 Å². The van der Waals surface area contributed by atoms with E-state index in [0.29, 0.717) is 12.8 Å². The molecule has 1 aromatic heterocycles. The molecule has 0 spiro atoms. The van der Waals surface area contributed by atoms with E-state index in [1.165, 1.54) is 22.5 Å². The molecule has 1 heterocycles. The highest BCUT2D eigenvalue weighted by molar-refractivity contribution is 8.76. The molecule has 3 rings (SSSR count). The number of nitrogens with zero attached hydrogens (tertiary/aromatic N) is 5. The number of hydrogen-bond donors (Lipinski definition) is 1. The van der Waals surface area contributed by atoms with E-state index in [9.17, 15) is 9.59 Å². The van der Waals surface area contributed by atoms with Crippen LogP contribution in [-0.4, -0.2) is 94.5 Å². The van der Waals surface area contributed by atoms with Crippen molar-refractivity contribution in [3.8, 4) is 0 Å². The van der Waals surface area contributed by atoms with Crippen LogP contribution in [0.3, 0.4) is 0 Å². The first-order valence-corrected chi connectivity index (χ1v) is 21.4. The molecule has 0 aliphatic heterocycles. The molecule has 290 valence electrons. The molecule has 8 nitrogen and oxygen atoms in total. The molecule has 0 aliphatic rings. The summed E-state index contributed by atoms with van der Waals surface area (Å²) in [5, 5.41) is 2.03. The van der Waals surface area contributed by atoms with Crippen LogP contribution in [0.15, 0.2) is 103 Å². The Morgan fingerprint density at radius 2 is 1.09 bits per heavy atom. The summed E-state index contributed by atoms with van der Waals surface area (Å²) in [6, 6.07) is 21.3. The highest BCUT2D eigenvalue weighted by Gasteiger charge is 2.12. The van der Waals surface area contributed by atoms with E-state index in [-0.39, 0.29) is 11.8 Å². The van der Waals surface area contributed by atoms with E-state index in [0.717, 1.165) is 61.7 Å². The predicted molar refractivity (Wildman–Crippen MR) is 234 cm³/mol. The van der Waals surface area contributed by atoms with Crippen LogP contribution in [-0.2, 0) is 16.6 Å². The van der Waals surface area contributed by atoms with Crippen LogP contribution < -0.4 is 19.7 Å². The monoisotopic (exact) mass is 770 g/mol. The van der Waals surface area contributed by atoms with Crippen molar-refractivity contribution in [1.29, 1.82) is 0 Å². The summed E-state index contributed by atoms with van der Waals surface area (Å²) in [5.74, 6) is 1.83. The highest BCUT2D eigenvalue weighted by Crippen LogP contribution is 2.23. The van der Waals surface area contributed by atoms with E-state index in [1.54, 1.807) is 21.6 Å². The number of rotatable bonds is 23. The number of amides is 2. The minimum atomic E-state index is 0.167. The molecule has 0 fully saturated rings. The second-order valence-electron chi connectivity index (χ2n) is 13.5. The van der Waals surface area contributed by atoms with Gasteiger partial charge in [0.05, 0.1) is 13.2 Å². The fourth-order valence-electron chi connectivity index (χ4n) is 5.50. The molecule has 3 aromatic rings. The van der Waals surface area contributed by atoms with Crippen molar-refractivity contribution in [2.75, 3.05) is 82.7 Å². The first kappa shape index (κ1) is 44.1. The van der Waals surface area contributed by atoms with E-state index in [1.807, 2.05) is 73.4 Å². The van der Waals surface area contributed by atoms with Gasteiger partial charge in [-0.2, -0.15) is 0 Å². The number of aryl methyl sites for hydroxylation is 1. The Morgan fingerprint density at radius 1 is 0.648 bits per heavy atom. The van der Waals surface area contributed by atoms with Crippen LogP contribution in [0.5, 0.6) is 0 Å². The summed E-state index contributed by atoms with van der Waals surface area (Å²) < 4.78 is 2.03. The number of hydrogen-bond acceptors (Lipinski definition) is 6. The summed E-state index contributed by atoms with van der Waals surface area (Å²) in [6.45, 7) is 5.25. The molecule has 2 aromatic carbocycles. The van der Waals surface area contributed by atoms with Crippen molar-refractivity contribution in [2.24, 2.45) is 7.05 Å². The van der Waals surface area contributed by atoms with Gasteiger partial charge in [-0.3, -0.25) is 9.59 Å². The molecule has 2 N–H and O–H groups in total. The number of nitrogens with two attached hydrogens (primary N) is 1. The van der Waals surface area contributed by atoms with Crippen molar-refractivity contribution >= 4 is 63.0 Å². The van der Waals surface area contributed by atoms with Gasteiger partial charge >= 0.3 is 0 Å². The minimum absolute atomic E-state index is 0.167. The number of carbonyl (C=O) groups excluding carboxylic acids is 2. The van der Waals surface area contributed by atoms with Gasteiger partial charge in [0, 0.05) is 102 Å². The SMILES string of the molecule is C/C=C(\C=C/[NH2+]C)/C=C/c1ccc(N(C)CCCN(C)C(=O)CCSSCCC(=O)N(C)CCCN(C)c2ccc(/C=C/c3cc[n+](C)cc3)cc2)cc1. The number of allylic oxidation sites excluding steroid dienone is 4. The highest BCUT2D eigenvalue weighted by atomic mass is 33.1. The van der Waals surface area contributed by atoms with Gasteiger partial charge in [0.1, 0.15) is 7.05 Å². The fraction of sp³-hybridized carbons (Fsp3) is 0.386. The lowest BCUT2D eigenvalue weighted by atomic mass is 10.1. The molecule has 0 aliphatic carbocycles. The van der Waals surface area contributed by atoms with Crippen molar-refractivity contribution < 1.29 is 19.5 Å². The topological polar surface area (TPSA) is 67.6 Å². The molecular weight excluding hydrogens is 709 g/mol. The lowest BCUT2D eigenvalue weighted by Crippen LogP contribution is -2.72. The summed E-state index contributed by atoms with van der Waals surface area (Å²) in [4.78, 5) is 33.5. The minimum Gasteiger partial charge on any atom is -0.375 e. The quantitative estimate of drug-likeness (QED) is 0.0497. The van der Waals surface area contributed by atoms with Gasteiger partial charge in [-0.05, 0) is 72.4 Å². The smallest absolute Gasteiger partial charge is 0.223 e. The van der Waals surface area contributed by atoms with Crippen molar-refractivity contribution in [1.82, 2.24) is 9.80 Å². The van der Waals surface area contributed by atoms with Gasteiger partial charge in [0.2, 0.25) is 11.8 Å².